The quantitative estimate of drug-likeness (QED) is 0.782. The molecule has 1 atom stereocenters. The molecule has 1 unspecified atom stereocenters. The van der Waals surface area contributed by atoms with Crippen LogP contribution in [0.25, 0.3) is 0 Å². The van der Waals surface area contributed by atoms with Crippen LogP contribution in [-0.2, 0) is 20.7 Å². The Morgan fingerprint density at radius 2 is 2.00 bits per heavy atom. The van der Waals surface area contributed by atoms with E-state index in [1.165, 1.54) is 14.2 Å². The lowest BCUT2D eigenvalue weighted by molar-refractivity contribution is -0.150. The zero-order chi connectivity index (χ0) is 16.8. The third-order valence-corrected chi connectivity index (χ3v) is 3.79. The minimum atomic E-state index is -1.05. The minimum absolute atomic E-state index is 0.0269. The lowest BCUT2D eigenvalue weighted by atomic mass is 9.95. The van der Waals surface area contributed by atoms with Gasteiger partial charge in [-0.2, -0.15) is 0 Å². The first-order chi connectivity index (χ1) is 10.4. The molecule has 1 amide bonds. The topological polar surface area (TPSA) is 64.6 Å². The van der Waals surface area contributed by atoms with E-state index >= 15 is 0 Å². The first-order valence-electron chi connectivity index (χ1n) is 7.08. The number of carbonyl (C=O) groups is 2. The van der Waals surface area contributed by atoms with Crippen molar-refractivity contribution in [3.8, 4) is 5.75 Å². The van der Waals surface area contributed by atoms with Crippen LogP contribution in [0.1, 0.15) is 32.3 Å². The van der Waals surface area contributed by atoms with Crippen LogP contribution >= 0.6 is 11.6 Å². The van der Waals surface area contributed by atoms with Crippen LogP contribution in [0.5, 0.6) is 5.75 Å². The van der Waals surface area contributed by atoms with Gasteiger partial charge in [0.15, 0.2) is 0 Å². The largest absolute Gasteiger partial charge is 0.496 e. The highest BCUT2D eigenvalue weighted by atomic mass is 35.5. The van der Waals surface area contributed by atoms with Gasteiger partial charge < -0.3 is 14.8 Å². The van der Waals surface area contributed by atoms with E-state index in [-0.39, 0.29) is 12.3 Å². The Morgan fingerprint density at radius 3 is 2.55 bits per heavy atom. The summed E-state index contributed by atoms with van der Waals surface area (Å²) < 4.78 is 10.0. The van der Waals surface area contributed by atoms with Crippen molar-refractivity contribution < 1.29 is 19.1 Å². The Labute approximate surface area is 135 Å². The molecular formula is C16H22ClNO4. The minimum Gasteiger partial charge on any atom is -0.496 e. The molecule has 1 aromatic rings. The fourth-order valence-electron chi connectivity index (χ4n) is 2.35. The van der Waals surface area contributed by atoms with Crippen LogP contribution in [0.4, 0.5) is 0 Å². The third-order valence-electron chi connectivity index (χ3n) is 3.43. The number of benzene rings is 1. The van der Waals surface area contributed by atoms with E-state index in [4.69, 9.17) is 21.1 Å². The molecule has 0 saturated heterocycles. The summed E-state index contributed by atoms with van der Waals surface area (Å²) >= 11 is 6.12. The number of halogens is 1. The van der Waals surface area contributed by atoms with Crippen molar-refractivity contribution in [1.82, 2.24) is 5.32 Å². The highest BCUT2D eigenvalue weighted by molar-refractivity contribution is 6.31. The first-order valence-corrected chi connectivity index (χ1v) is 7.46. The fourth-order valence-corrected chi connectivity index (χ4v) is 2.59. The zero-order valence-electron chi connectivity index (χ0n) is 13.4. The summed E-state index contributed by atoms with van der Waals surface area (Å²) in [6, 6.07) is 5.18. The molecule has 0 fully saturated rings. The first kappa shape index (κ1) is 18.3. The predicted octanol–water partition coefficient (Wildman–Crippen LogP) is 2.74. The summed E-state index contributed by atoms with van der Waals surface area (Å²) in [5, 5.41) is 3.19. The standard InChI is InChI=1S/C16H22ClNO4/c1-5-9-16(2,15(20)22-4)18-14(19)10-11-12(17)7-6-8-13(11)21-3/h6-8H,5,9-10H2,1-4H3,(H,18,19). The van der Waals surface area contributed by atoms with E-state index in [0.29, 0.717) is 22.8 Å². The second-order valence-electron chi connectivity index (χ2n) is 5.22. The average Bonchev–Trinajstić information content (AvgIpc) is 2.48. The summed E-state index contributed by atoms with van der Waals surface area (Å²) in [5.74, 6) is -0.237. The van der Waals surface area contributed by atoms with Crippen molar-refractivity contribution in [2.24, 2.45) is 0 Å². The van der Waals surface area contributed by atoms with Crippen LogP contribution in [0, 0.1) is 0 Å². The van der Waals surface area contributed by atoms with E-state index in [2.05, 4.69) is 5.32 Å². The molecule has 1 N–H and O–H groups in total. The van der Waals surface area contributed by atoms with Gasteiger partial charge in [0, 0.05) is 10.6 Å². The monoisotopic (exact) mass is 327 g/mol. The second kappa shape index (κ2) is 8.03. The van der Waals surface area contributed by atoms with E-state index in [9.17, 15) is 9.59 Å². The van der Waals surface area contributed by atoms with Crippen molar-refractivity contribution in [1.29, 1.82) is 0 Å². The lowest BCUT2D eigenvalue weighted by Crippen LogP contribution is -2.53. The highest BCUT2D eigenvalue weighted by Gasteiger charge is 2.35. The molecule has 0 radical (unpaired) electrons. The molecule has 6 heteroatoms. The van der Waals surface area contributed by atoms with Gasteiger partial charge in [-0.25, -0.2) is 4.79 Å². The molecule has 0 saturated carbocycles. The maximum atomic E-state index is 12.3. The van der Waals surface area contributed by atoms with Crippen LogP contribution in [0.2, 0.25) is 5.02 Å². The van der Waals surface area contributed by atoms with Gasteiger partial charge in [-0.05, 0) is 25.5 Å². The molecule has 0 aliphatic heterocycles. The van der Waals surface area contributed by atoms with Crippen LogP contribution in [-0.4, -0.2) is 31.6 Å². The third kappa shape index (κ3) is 4.37. The van der Waals surface area contributed by atoms with Gasteiger partial charge in [-0.3, -0.25) is 4.79 Å². The number of nitrogens with one attached hydrogen (secondary N) is 1. The molecule has 0 spiro atoms. The number of ether oxygens (including phenoxy) is 2. The van der Waals surface area contributed by atoms with Crippen molar-refractivity contribution in [3.63, 3.8) is 0 Å². The van der Waals surface area contributed by atoms with Crippen molar-refractivity contribution in [2.45, 2.75) is 38.6 Å². The van der Waals surface area contributed by atoms with Gasteiger partial charge in [-0.15, -0.1) is 0 Å². The summed E-state index contributed by atoms with van der Waals surface area (Å²) in [4.78, 5) is 24.2. The summed E-state index contributed by atoms with van der Waals surface area (Å²) in [7, 11) is 2.82. The van der Waals surface area contributed by atoms with Gasteiger partial charge in [0.2, 0.25) is 5.91 Å². The smallest absolute Gasteiger partial charge is 0.331 e. The lowest BCUT2D eigenvalue weighted by Gasteiger charge is -2.27. The highest BCUT2D eigenvalue weighted by Crippen LogP contribution is 2.27. The normalized spacial score (nSPS) is 13.1. The molecule has 0 heterocycles. The number of esters is 1. The molecule has 0 bridgehead atoms. The molecule has 22 heavy (non-hydrogen) atoms. The van der Waals surface area contributed by atoms with Gasteiger partial charge in [0.25, 0.3) is 0 Å². The predicted molar refractivity (Wildman–Crippen MR) is 85.2 cm³/mol. The number of methoxy groups -OCH3 is 2. The summed E-state index contributed by atoms with van der Waals surface area (Å²) in [6.45, 7) is 3.59. The van der Waals surface area contributed by atoms with Gasteiger partial charge in [0.1, 0.15) is 11.3 Å². The van der Waals surface area contributed by atoms with Crippen molar-refractivity contribution >= 4 is 23.5 Å². The Morgan fingerprint density at radius 1 is 1.32 bits per heavy atom. The van der Waals surface area contributed by atoms with Gasteiger partial charge >= 0.3 is 5.97 Å². The molecule has 1 rings (SSSR count). The average molecular weight is 328 g/mol. The Hall–Kier alpha value is -1.75. The molecular weight excluding hydrogens is 306 g/mol. The maximum Gasteiger partial charge on any atom is 0.331 e. The zero-order valence-corrected chi connectivity index (χ0v) is 14.1. The Kier molecular flexibility index (Phi) is 6.68. The number of hydrogen-bond donors (Lipinski definition) is 1. The maximum absolute atomic E-state index is 12.3. The van der Waals surface area contributed by atoms with E-state index in [1.54, 1.807) is 25.1 Å². The Balaban J connectivity index is 2.91. The molecule has 0 aliphatic carbocycles. The number of rotatable bonds is 7. The van der Waals surface area contributed by atoms with E-state index in [0.717, 1.165) is 6.42 Å². The number of amides is 1. The molecule has 1 aromatic carbocycles. The van der Waals surface area contributed by atoms with Crippen LogP contribution in [0.15, 0.2) is 18.2 Å². The van der Waals surface area contributed by atoms with Crippen molar-refractivity contribution in [2.75, 3.05) is 14.2 Å². The summed E-state index contributed by atoms with van der Waals surface area (Å²) in [5.41, 5.74) is -0.456. The Bertz CT molecular complexity index is 547. The van der Waals surface area contributed by atoms with Crippen LogP contribution in [0.3, 0.4) is 0 Å². The number of hydrogen-bond acceptors (Lipinski definition) is 4. The molecule has 5 nitrogen and oxygen atoms in total. The molecule has 0 aliphatic rings. The van der Waals surface area contributed by atoms with E-state index in [1.807, 2.05) is 6.92 Å². The van der Waals surface area contributed by atoms with Crippen LogP contribution < -0.4 is 10.1 Å². The summed E-state index contributed by atoms with van der Waals surface area (Å²) in [6.07, 6.45) is 1.26. The van der Waals surface area contributed by atoms with Crippen molar-refractivity contribution in [3.05, 3.63) is 28.8 Å². The fraction of sp³-hybridized carbons (Fsp3) is 0.500. The number of carbonyl (C=O) groups excluding carboxylic acids is 2. The van der Waals surface area contributed by atoms with E-state index < -0.39 is 11.5 Å². The SMILES string of the molecule is CCCC(C)(NC(=O)Cc1c(Cl)cccc1OC)C(=O)OC. The van der Waals surface area contributed by atoms with Gasteiger partial charge in [0.05, 0.1) is 20.6 Å². The second-order valence-corrected chi connectivity index (χ2v) is 5.63. The van der Waals surface area contributed by atoms with Gasteiger partial charge in [-0.1, -0.05) is 31.0 Å². The molecule has 122 valence electrons. The molecule has 0 aromatic heterocycles.